The largest absolute Gasteiger partial charge is 0.462 e. The van der Waals surface area contributed by atoms with Gasteiger partial charge >= 0.3 is 0 Å². The van der Waals surface area contributed by atoms with Crippen molar-refractivity contribution in [2.45, 2.75) is 30.7 Å². The molecule has 1 heterocycles. The normalized spacial score (nSPS) is 32.7. The molecule has 1 aliphatic heterocycles. The second-order valence-corrected chi connectivity index (χ2v) is 4.57. The Hall–Kier alpha value is -1.78. The van der Waals surface area contributed by atoms with E-state index in [0.29, 0.717) is 0 Å². The van der Waals surface area contributed by atoms with Crippen molar-refractivity contribution in [1.29, 1.82) is 0 Å². The molecule has 0 bridgehead atoms. The summed E-state index contributed by atoms with van der Waals surface area (Å²) >= 11 is 0. The van der Waals surface area contributed by atoms with Gasteiger partial charge in [-0.25, -0.2) is 0 Å². The van der Waals surface area contributed by atoms with E-state index in [1.165, 1.54) is 24.3 Å². The Bertz CT molecular complexity index is 491. The Morgan fingerprint density at radius 1 is 1.14 bits per heavy atom. The molecule has 9 heteroatoms. The van der Waals surface area contributed by atoms with E-state index in [2.05, 4.69) is 0 Å². The number of non-ortho nitro benzene ring substituents is 1. The summed E-state index contributed by atoms with van der Waals surface area (Å²) in [7, 11) is 0. The third kappa shape index (κ3) is 3.28. The highest BCUT2D eigenvalue weighted by atomic mass is 16.7. The van der Waals surface area contributed by atoms with Gasteiger partial charge in [-0.1, -0.05) is 0 Å². The summed E-state index contributed by atoms with van der Waals surface area (Å²) in [4.78, 5) is 9.95. The van der Waals surface area contributed by atoms with Gasteiger partial charge in [-0.15, -0.1) is 0 Å². The van der Waals surface area contributed by atoms with Crippen LogP contribution in [0.4, 0.5) is 5.69 Å². The molecule has 21 heavy (non-hydrogen) atoms. The van der Waals surface area contributed by atoms with Gasteiger partial charge in [-0.2, -0.15) is 0 Å². The van der Waals surface area contributed by atoms with Gasteiger partial charge in [0.2, 0.25) is 6.29 Å². The van der Waals surface area contributed by atoms with E-state index < -0.39 is 42.2 Å². The van der Waals surface area contributed by atoms with Gasteiger partial charge in [0.25, 0.3) is 5.69 Å². The first kappa shape index (κ1) is 15.6. The van der Waals surface area contributed by atoms with Crippen LogP contribution < -0.4 is 4.74 Å². The smallest absolute Gasteiger partial charge is 0.269 e. The monoisotopic (exact) mass is 301 g/mol. The summed E-state index contributed by atoms with van der Waals surface area (Å²) in [5.74, 6) is 0.171. The number of benzene rings is 1. The van der Waals surface area contributed by atoms with Gasteiger partial charge < -0.3 is 29.9 Å². The maximum Gasteiger partial charge on any atom is 0.269 e. The number of aliphatic hydroxyl groups is 4. The molecule has 0 aromatic heterocycles. The summed E-state index contributed by atoms with van der Waals surface area (Å²) in [5.41, 5.74) is -0.129. The van der Waals surface area contributed by atoms with Crippen molar-refractivity contribution in [2.75, 3.05) is 6.61 Å². The predicted molar refractivity (Wildman–Crippen MR) is 67.5 cm³/mol. The molecule has 4 N–H and O–H groups in total. The van der Waals surface area contributed by atoms with E-state index >= 15 is 0 Å². The van der Waals surface area contributed by atoms with Gasteiger partial charge in [0.15, 0.2) is 0 Å². The standard InChI is InChI=1S/C12H15NO8/c14-5-8-9(15)10(16)11(17)12(21-8)20-7-3-1-6(2-4-7)13(18)19/h1-4,8-12,14-17H,5H2/t8?,9-,10-,11?,12+/m0/s1. The van der Waals surface area contributed by atoms with E-state index in [9.17, 15) is 25.4 Å². The van der Waals surface area contributed by atoms with E-state index in [0.717, 1.165) is 0 Å². The minimum absolute atomic E-state index is 0.129. The Labute approximate surface area is 119 Å². The van der Waals surface area contributed by atoms with Crippen LogP contribution in [0, 0.1) is 10.1 Å². The summed E-state index contributed by atoms with van der Waals surface area (Å²) in [6.07, 6.45) is -6.94. The van der Waals surface area contributed by atoms with E-state index in [1.807, 2.05) is 0 Å². The van der Waals surface area contributed by atoms with Crippen molar-refractivity contribution in [3.63, 3.8) is 0 Å². The molecule has 9 nitrogen and oxygen atoms in total. The Kier molecular flexibility index (Phi) is 4.70. The van der Waals surface area contributed by atoms with Crippen molar-refractivity contribution in [3.05, 3.63) is 34.4 Å². The Morgan fingerprint density at radius 2 is 1.76 bits per heavy atom. The first-order chi connectivity index (χ1) is 9.93. The molecule has 0 spiro atoms. The number of hydrogen-bond donors (Lipinski definition) is 4. The zero-order chi connectivity index (χ0) is 15.6. The molecule has 0 aliphatic carbocycles. The highest BCUT2D eigenvalue weighted by molar-refractivity contribution is 5.36. The van der Waals surface area contributed by atoms with Crippen molar-refractivity contribution >= 4 is 5.69 Å². The number of hydrogen-bond acceptors (Lipinski definition) is 8. The highest BCUT2D eigenvalue weighted by Crippen LogP contribution is 2.25. The van der Waals surface area contributed by atoms with Crippen LogP contribution in [0.2, 0.25) is 0 Å². The zero-order valence-electron chi connectivity index (χ0n) is 10.8. The SMILES string of the molecule is O=[N+]([O-])c1ccc(O[C@@H]2OC(CO)[C@H](O)[C@H](O)C2O)cc1. The maximum atomic E-state index is 10.5. The summed E-state index contributed by atoms with van der Waals surface area (Å²) in [5, 5.41) is 48.6. The molecule has 1 fully saturated rings. The van der Waals surface area contributed by atoms with Crippen LogP contribution in [0.1, 0.15) is 0 Å². The molecule has 116 valence electrons. The van der Waals surface area contributed by atoms with Crippen LogP contribution in [0.25, 0.3) is 0 Å². The summed E-state index contributed by atoms with van der Waals surface area (Å²) < 4.78 is 10.4. The maximum absolute atomic E-state index is 10.5. The lowest BCUT2D eigenvalue weighted by Gasteiger charge is -2.39. The van der Waals surface area contributed by atoms with E-state index in [-0.39, 0.29) is 11.4 Å². The van der Waals surface area contributed by atoms with Gasteiger partial charge in [-0.05, 0) is 12.1 Å². The molecule has 0 radical (unpaired) electrons. The van der Waals surface area contributed by atoms with Crippen LogP contribution in [0.3, 0.4) is 0 Å². The number of nitro groups is 1. The number of rotatable bonds is 4. The molecular formula is C12H15NO8. The molecular weight excluding hydrogens is 286 g/mol. The first-order valence-corrected chi connectivity index (χ1v) is 6.15. The predicted octanol–water partition coefficient (Wildman–Crippen LogP) is -1.23. The second-order valence-electron chi connectivity index (χ2n) is 4.57. The van der Waals surface area contributed by atoms with Crippen molar-refractivity contribution in [3.8, 4) is 5.75 Å². The number of nitro benzene ring substituents is 1. The van der Waals surface area contributed by atoms with Crippen LogP contribution in [0.15, 0.2) is 24.3 Å². The molecule has 2 rings (SSSR count). The lowest BCUT2D eigenvalue weighted by Crippen LogP contribution is -2.60. The van der Waals surface area contributed by atoms with Gasteiger partial charge in [0, 0.05) is 12.1 Å². The minimum atomic E-state index is -1.54. The van der Waals surface area contributed by atoms with E-state index in [1.54, 1.807) is 0 Å². The quantitative estimate of drug-likeness (QED) is 0.400. The second kappa shape index (κ2) is 6.33. The van der Waals surface area contributed by atoms with Gasteiger partial charge in [0.1, 0.15) is 30.2 Å². The molecule has 2 unspecified atom stereocenters. The van der Waals surface area contributed by atoms with Crippen molar-refractivity contribution in [1.82, 2.24) is 0 Å². The molecule has 1 aromatic rings. The molecule has 0 saturated carbocycles. The van der Waals surface area contributed by atoms with Crippen molar-refractivity contribution < 1.29 is 34.8 Å². The summed E-state index contributed by atoms with van der Waals surface area (Å²) in [6, 6.07) is 5.03. The van der Waals surface area contributed by atoms with Gasteiger partial charge in [-0.3, -0.25) is 10.1 Å². The molecule has 0 amide bonds. The third-order valence-corrected chi connectivity index (χ3v) is 3.15. The lowest BCUT2D eigenvalue weighted by molar-refractivity contribution is -0.384. The van der Waals surface area contributed by atoms with E-state index in [4.69, 9.17) is 14.6 Å². The first-order valence-electron chi connectivity index (χ1n) is 6.15. The fourth-order valence-corrected chi connectivity index (χ4v) is 1.95. The fraction of sp³-hybridized carbons (Fsp3) is 0.500. The van der Waals surface area contributed by atoms with Crippen molar-refractivity contribution in [2.24, 2.45) is 0 Å². The topological polar surface area (TPSA) is 143 Å². The fourth-order valence-electron chi connectivity index (χ4n) is 1.95. The summed E-state index contributed by atoms with van der Waals surface area (Å²) in [6.45, 7) is -0.564. The van der Waals surface area contributed by atoms with Crippen LogP contribution in [-0.4, -0.2) is 62.7 Å². The lowest BCUT2D eigenvalue weighted by atomic mass is 9.99. The van der Waals surface area contributed by atoms with Crippen LogP contribution >= 0.6 is 0 Å². The Morgan fingerprint density at radius 3 is 2.29 bits per heavy atom. The third-order valence-electron chi connectivity index (χ3n) is 3.15. The zero-order valence-corrected chi connectivity index (χ0v) is 10.8. The molecule has 1 aliphatic rings. The number of nitrogens with zero attached hydrogens (tertiary/aromatic N) is 1. The number of ether oxygens (including phenoxy) is 2. The molecule has 5 atom stereocenters. The van der Waals surface area contributed by atoms with Crippen LogP contribution in [0.5, 0.6) is 5.75 Å². The van der Waals surface area contributed by atoms with Gasteiger partial charge in [0.05, 0.1) is 11.5 Å². The highest BCUT2D eigenvalue weighted by Gasteiger charge is 2.44. The average Bonchev–Trinajstić information content (AvgIpc) is 2.48. The minimum Gasteiger partial charge on any atom is -0.462 e. The van der Waals surface area contributed by atoms with Crippen LogP contribution in [-0.2, 0) is 4.74 Å². The molecule has 1 aromatic carbocycles. The number of aliphatic hydroxyl groups excluding tert-OH is 4. The Balaban J connectivity index is 2.08. The average molecular weight is 301 g/mol. The molecule has 1 saturated heterocycles.